The zero-order valence-corrected chi connectivity index (χ0v) is 16.7. The maximum absolute atomic E-state index is 12.2. The number of nitrogens with two attached hydrogens (primary N) is 1. The summed E-state index contributed by atoms with van der Waals surface area (Å²) in [5, 5.41) is 7.02. The smallest absolute Gasteiger partial charge is 0.214 e. The highest BCUT2D eigenvalue weighted by Crippen LogP contribution is 2.23. The highest BCUT2D eigenvalue weighted by atomic mass is 32.2. The average molecular weight is 395 g/mol. The van der Waals surface area contributed by atoms with Crippen LogP contribution in [0.15, 0.2) is 24.4 Å². The van der Waals surface area contributed by atoms with Gasteiger partial charge in [0.25, 0.3) is 0 Å². The summed E-state index contributed by atoms with van der Waals surface area (Å²) in [6, 6.07) is 3.58. The van der Waals surface area contributed by atoms with Crippen molar-refractivity contribution < 1.29 is 13.2 Å². The molecule has 1 fully saturated rings. The van der Waals surface area contributed by atoms with Crippen LogP contribution in [0.3, 0.4) is 0 Å². The fourth-order valence-electron chi connectivity index (χ4n) is 3.09. The third-order valence-corrected chi connectivity index (χ3v) is 6.77. The van der Waals surface area contributed by atoms with E-state index in [1.165, 1.54) is 6.08 Å². The average Bonchev–Trinajstić information content (AvgIpc) is 2.67. The van der Waals surface area contributed by atoms with Gasteiger partial charge in [0.2, 0.25) is 10.0 Å². The Morgan fingerprint density at radius 1 is 1.41 bits per heavy atom. The number of piperidine rings is 1. The number of nitrogens with one attached hydrogen (secondary N) is 1. The molecule has 7 nitrogen and oxygen atoms in total. The molecule has 2 heterocycles. The van der Waals surface area contributed by atoms with Crippen molar-refractivity contribution in [3.05, 3.63) is 30.1 Å². The highest BCUT2D eigenvalue weighted by molar-refractivity contribution is 7.89. The van der Waals surface area contributed by atoms with E-state index in [2.05, 4.69) is 4.98 Å². The second-order valence-corrected chi connectivity index (χ2v) is 8.91. The lowest BCUT2D eigenvalue weighted by Crippen LogP contribution is -2.39. The maximum atomic E-state index is 12.2. The zero-order chi connectivity index (χ0) is 19.7. The molecule has 0 spiro atoms. The van der Waals surface area contributed by atoms with Gasteiger partial charge in [-0.05, 0) is 49.8 Å². The van der Waals surface area contributed by atoms with Crippen molar-refractivity contribution in [1.82, 2.24) is 9.29 Å². The van der Waals surface area contributed by atoms with Crippen LogP contribution in [0.5, 0.6) is 5.75 Å². The molecule has 0 amide bonds. The van der Waals surface area contributed by atoms with Crippen molar-refractivity contribution >= 4 is 21.9 Å². The summed E-state index contributed by atoms with van der Waals surface area (Å²) >= 11 is 0. The lowest BCUT2D eigenvalue weighted by atomic mass is 9.95. The summed E-state index contributed by atoms with van der Waals surface area (Å²) in [7, 11) is -3.08. The molecule has 0 aliphatic carbocycles. The highest BCUT2D eigenvalue weighted by Gasteiger charge is 2.27. The van der Waals surface area contributed by atoms with Crippen LogP contribution in [0.1, 0.15) is 44.7 Å². The predicted molar refractivity (Wildman–Crippen MR) is 108 cm³/mol. The zero-order valence-electron chi connectivity index (χ0n) is 15.9. The summed E-state index contributed by atoms with van der Waals surface area (Å²) < 4.78 is 31.9. The van der Waals surface area contributed by atoms with Gasteiger partial charge in [-0.1, -0.05) is 13.3 Å². The Morgan fingerprint density at radius 2 is 2.15 bits per heavy atom. The Balaban J connectivity index is 1.73. The number of allylic oxidation sites excluding steroid dienone is 1. The van der Waals surface area contributed by atoms with Crippen molar-refractivity contribution in [1.29, 1.82) is 5.41 Å². The van der Waals surface area contributed by atoms with E-state index in [1.807, 2.05) is 13.0 Å². The number of hydrogen-bond acceptors (Lipinski definition) is 6. The predicted octanol–water partition coefficient (Wildman–Crippen LogP) is 2.64. The van der Waals surface area contributed by atoms with Crippen LogP contribution in [0.2, 0.25) is 0 Å². The number of rotatable bonds is 10. The summed E-state index contributed by atoms with van der Waals surface area (Å²) in [4.78, 5) is 4.23. The van der Waals surface area contributed by atoms with Crippen molar-refractivity contribution in [2.45, 2.75) is 39.0 Å². The Kier molecular flexibility index (Phi) is 8.24. The monoisotopic (exact) mass is 394 g/mol. The molecule has 1 aromatic rings. The molecule has 1 saturated heterocycles. The molecule has 1 aliphatic rings. The minimum absolute atomic E-state index is 0.264. The summed E-state index contributed by atoms with van der Waals surface area (Å²) in [5.41, 5.74) is 6.84. The van der Waals surface area contributed by atoms with E-state index in [4.69, 9.17) is 15.9 Å². The molecule has 0 atom stereocenters. The molecule has 27 heavy (non-hydrogen) atoms. The Morgan fingerprint density at radius 3 is 2.74 bits per heavy atom. The third-order valence-electron chi connectivity index (χ3n) is 4.81. The van der Waals surface area contributed by atoms with Crippen LogP contribution >= 0.6 is 0 Å². The minimum Gasteiger partial charge on any atom is -0.492 e. The van der Waals surface area contributed by atoms with Crippen LogP contribution in [-0.4, -0.2) is 49.4 Å². The SMILES string of the molecule is CCCCS(=O)(=O)N1CCC(CCOc2ccc(/C(N)=C/C=N)nc2)CC1. The summed E-state index contributed by atoms with van der Waals surface area (Å²) in [5.74, 6) is 1.43. The van der Waals surface area contributed by atoms with Crippen molar-refractivity contribution in [3.63, 3.8) is 0 Å². The maximum Gasteiger partial charge on any atom is 0.214 e. The van der Waals surface area contributed by atoms with Gasteiger partial charge in [0.15, 0.2) is 0 Å². The van der Waals surface area contributed by atoms with E-state index in [1.54, 1.807) is 16.6 Å². The number of aromatic nitrogens is 1. The van der Waals surface area contributed by atoms with Crippen LogP contribution in [0.25, 0.3) is 5.70 Å². The summed E-state index contributed by atoms with van der Waals surface area (Å²) in [6.45, 7) is 3.82. The molecule has 1 aromatic heterocycles. The Labute approximate surface area is 162 Å². The number of nitrogens with zero attached hydrogens (tertiary/aromatic N) is 2. The molecule has 3 N–H and O–H groups in total. The fraction of sp³-hybridized carbons (Fsp3) is 0.579. The lowest BCUT2D eigenvalue weighted by molar-refractivity contribution is 0.219. The Hall–Kier alpha value is -1.93. The number of pyridine rings is 1. The van der Waals surface area contributed by atoms with Gasteiger partial charge in [0.05, 0.1) is 29.9 Å². The van der Waals surface area contributed by atoms with E-state index in [0.717, 1.165) is 38.3 Å². The normalized spacial score (nSPS) is 17.0. The van der Waals surface area contributed by atoms with Gasteiger partial charge in [0, 0.05) is 19.3 Å². The second kappa shape index (κ2) is 10.4. The van der Waals surface area contributed by atoms with E-state index in [9.17, 15) is 8.42 Å². The van der Waals surface area contributed by atoms with Gasteiger partial charge in [-0.15, -0.1) is 0 Å². The van der Waals surface area contributed by atoms with E-state index in [0.29, 0.717) is 42.8 Å². The molecule has 2 rings (SSSR count). The van der Waals surface area contributed by atoms with E-state index >= 15 is 0 Å². The van der Waals surface area contributed by atoms with Crippen molar-refractivity contribution in [2.24, 2.45) is 11.7 Å². The van der Waals surface area contributed by atoms with Gasteiger partial charge in [-0.25, -0.2) is 12.7 Å². The number of unbranched alkanes of at least 4 members (excludes halogenated alkanes) is 1. The van der Waals surface area contributed by atoms with Gasteiger partial charge >= 0.3 is 0 Å². The quantitative estimate of drug-likeness (QED) is 0.593. The molecule has 0 unspecified atom stereocenters. The number of sulfonamides is 1. The molecule has 150 valence electrons. The molecule has 8 heteroatoms. The van der Waals surface area contributed by atoms with Crippen LogP contribution in [-0.2, 0) is 10.0 Å². The largest absolute Gasteiger partial charge is 0.492 e. The molecular weight excluding hydrogens is 364 g/mol. The van der Waals surface area contributed by atoms with E-state index < -0.39 is 10.0 Å². The first kappa shape index (κ1) is 21.4. The number of hydrogen-bond donors (Lipinski definition) is 2. The molecule has 0 radical (unpaired) electrons. The summed E-state index contributed by atoms with van der Waals surface area (Å²) in [6.07, 6.45) is 8.54. The lowest BCUT2D eigenvalue weighted by Gasteiger charge is -2.31. The van der Waals surface area contributed by atoms with Crippen LogP contribution in [0.4, 0.5) is 0 Å². The number of ether oxygens (including phenoxy) is 1. The molecule has 0 saturated carbocycles. The standard InChI is InChI=1S/C19H30N4O3S/c1-2-3-14-27(24,25)23-11-7-16(8-12-23)9-13-26-17-4-5-19(22-15-17)18(21)6-10-20/h4-6,10,15-16,20H,2-3,7-9,11-14,21H2,1H3/b18-6-,20-10?. The molecular formula is C19H30N4O3S. The Bertz CT molecular complexity index is 724. The fourth-order valence-corrected chi connectivity index (χ4v) is 4.77. The second-order valence-electron chi connectivity index (χ2n) is 6.82. The van der Waals surface area contributed by atoms with Crippen LogP contribution in [0, 0.1) is 11.3 Å². The van der Waals surface area contributed by atoms with Crippen molar-refractivity contribution in [2.75, 3.05) is 25.4 Å². The van der Waals surface area contributed by atoms with Gasteiger partial charge in [-0.3, -0.25) is 4.98 Å². The molecule has 0 bridgehead atoms. The minimum atomic E-state index is -3.08. The third kappa shape index (κ3) is 6.62. The van der Waals surface area contributed by atoms with Crippen LogP contribution < -0.4 is 10.5 Å². The first-order chi connectivity index (χ1) is 13.0. The first-order valence-electron chi connectivity index (χ1n) is 9.49. The van der Waals surface area contributed by atoms with Crippen molar-refractivity contribution in [3.8, 4) is 5.75 Å². The first-order valence-corrected chi connectivity index (χ1v) is 11.1. The molecule has 0 aromatic carbocycles. The van der Waals surface area contributed by atoms with E-state index in [-0.39, 0.29) is 5.75 Å². The van der Waals surface area contributed by atoms with Gasteiger partial charge in [0.1, 0.15) is 5.75 Å². The van der Waals surface area contributed by atoms with Gasteiger partial charge in [-0.2, -0.15) is 0 Å². The van der Waals surface area contributed by atoms with Gasteiger partial charge < -0.3 is 15.9 Å². The molecule has 1 aliphatic heterocycles. The topological polar surface area (TPSA) is 109 Å².